The Bertz CT molecular complexity index is 591. The number of carbonyl (C=O) groups excluding carboxylic acids is 1. The van der Waals surface area contributed by atoms with E-state index in [-0.39, 0.29) is 22.4 Å². The first-order chi connectivity index (χ1) is 8.56. The largest absolute Gasteiger partial charge is 0.478 e. The Labute approximate surface area is 106 Å². The molecule has 0 atom stereocenters. The standard InChI is InChI=1S/C11H7ClN2O4/c12-8-3-2-7(18-8)10(15)14-9-4-1-6(5-13-9)11(16)17/h1-5H,(H,16,17)(H,13,14,15). The van der Waals surface area contributed by atoms with E-state index in [1.54, 1.807) is 0 Å². The summed E-state index contributed by atoms with van der Waals surface area (Å²) in [5.41, 5.74) is 0.0362. The smallest absolute Gasteiger partial charge is 0.337 e. The Morgan fingerprint density at radius 3 is 2.56 bits per heavy atom. The van der Waals surface area contributed by atoms with E-state index in [1.165, 1.54) is 24.3 Å². The molecule has 0 saturated carbocycles. The summed E-state index contributed by atoms with van der Waals surface area (Å²) in [5.74, 6) is -1.34. The van der Waals surface area contributed by atoms with Crippen molar-refractivity contribution in [1.82, 2.24) is 4.98 Å². The van der Waals surface area contributed by atoms with Crippen LogP contribution in [0.15, 0.2) is 34.9 Å². The highest BCUT2D eigenvalue weighted by Gasteiger charge is 2.11. The van der Waals surface area contributed by atoms with Crippen molar-refractivity contribution in [3.05, 3.63) is 47.0 Å². The monoisotopic (exact) mass is 266 g/mol. The van der Waals surface area contributed by atoms with E-state index in [2.05, 4.69) is 10.3 Å². The van der Waals surface area contributed by atoms with Crippen LogP contribution in [0.1, 0.15) is 20.9 Å². The third-order valence-electron chi connectivity index (χ3n) is 2.05. The van der Waals surface area contributed by atoms with Gasteiger partial charge in [0.05, 0.1) is 5.56 Å². The van der Waals surface area contributed by atoms with Gasteiger partial charge in [0.2, 0.25) is 0 Å². The summed E-state index contributed by atoms with van der Waals surface area (Å²) in [7, 11) is 0. The topological polar surface area (TPSA) is 92.4 Å². The highest BCUT2D eigenvalue weighted by Crippen LogP contribution is 2.14. The summed E-state index contributed by atoms with van der Waals surface area (Å²) in [6.07, 6.45) is 1.15. The Kier molecular flexibility index (Phi) is 3.29. The van der Waals surface area contributed by atoms with E-state index in [0.29, 0.717) is 0 Å². The van der Waals surface area contributed by atoms with Crippen LogP contribution in [-0.2, 0) is 0 Å². The first-order valence-corrected chi connectivity index (χ1v) is 5.20. The van der Waals surface area contributed by atoms with Crippen molar-refractivity contribution in [1.29, 1.82) is 0 Å². The number of hydrogen-bond acceptors (Lipinski definition) is 4. The van der Waals surface area contributed by atoms with Crippen LogP contribution in [0.5, 0.6) is 0 Å². The molecule has 2 heterocycles. The number of nitrogens with one attached hydrogen (secondary N) is 1. The van der Waals surface area contributed by atoms with Crippen molar-refractivity contribution in [2.75, 3.05) is 5.32 Å². The van der Waals surface area contributed by atoms with Crippen LogP contribution in [0.3, 0.4) is 0 Å². The summed E-state index contributed by atoms with van der Waals surface area (Å²) in [6, 6.07) is 5.58. The molecule has 2 aromatic heterocycles. The van der Waals surface area contributed by atoms with E-state index in [1.807, 2.05) is 0 Å². The van der Waals surface area contributed by atoms with Gasteiger partial charge in [-0.15, -0.1) is 0 Å². The average Bonchev–Trinajstić information content (AvgIpc) is 2.76. The number of carboxylic acid groups (broad SMARTS) is 1. The predicted octanol–water partition coefficient (Wildman–Crippen LogP) is 2.28. The molecule has 0 aromatic carbocycles. The maximum absolute atomic E-state index is 11.6. The maximum Gasteiger partial charge on any atom is 0.337 e. The minimum atomic E-state index is -1.09. The van der Waals surface area contributed by atoms with Gasteiger partial charge in [0.25, 0.3) is 5.91 Å². The van der Waals surface area contributed by atoms with Crippen molar-refractivity contribution in [2.45, 2.75) is 0 Å². The molecule has 2 aromatic rings. The number of hydrogen-bond donors (Lipinski definition) is 2. The van der Waals surface area contributed by atoms with Gasteiger partial charge in [-0.3, -0.25) is 4.79 Å². The lowest BCUT2D eigenvalue weighted by atomic mass is 10.3. The number of amides is 1. The highest BCUT2D eigenvalue weighted by atomic mass is 35.5. The van der Waals surface area contributed by atoms with Gasteiger partial charge in [-0.05, 0) is 35.9 Å². The molecular formula is C11H7ClN2O4. The van der Waals surface area contributed by atoms with E-state index in [4.69, 9.17) is 21.1 Å². The van der Waals surface area contributed by atoms with Gasteiger partial charge in [-0.1, -0.05) is 0 Å². The van der Waals surface area contributed by atoms with Crippen molar-refractivity contribution in [3.63, 3.8) is 0 Å². The van der Waals surface area contributed by atoms with Crippen molar-refractivity contribution in [2.24, 2.45) is 0 Å². The molecule has 7 heteroatoms. The Morgan fingerprint density at radius 2 is 2.06 bits per heavy atom. The molecule has 0 unspecified atom stereocenters. The Morgan fingerprint density at radius 1 is 1.28 bits per heavy atom. The number of halogens is 1. The van der Waals surface area contributed by atoms with Gasteiger partial charge in [-0.25, -0.2) is 9.78 Å². The van der Waals surface area contributed by atoms with E-state index < -0.39 is 11.9 Å². The Balaban J connectivity index is 2.10. The lowest BCUT2D eigenvalue weighted by Crippen LogP contribution is -2.12. The second kappa shape index (κ2) is 4.89. The molecule has 92 valence electrons. The normalized spacial score (nSPS) is 10.1. The number of carboxylic acids is 1. The quantitative estimate of drug-likeness (QED) is 0.889. The fourth-order valence-electron chi connectivity index (χ4n) is 1.21. The zero-order valence-electron chi connectivity index (χ0n) is 8.88. The fraction of sp³-hybridized carbons (Fsp3) is 0. The number of rotatable bonds is 3. The molecule has 0 saturated heterocycles. The van der Waals surface area contributed by atoms with Crippen LogP contribution in [0, 0.1) is 0 Å². The van der Waals surface area contributed by atoms with E-state index in [0.717, 1.165) is 6.20 Å². The summed E-state index contributed by atoms with van der Waals surface area (Å²) < 4.78 is 4.91. The van der Waals surface area contributed by atoms with Gasteiger partial charge in [-0.2, -0.15) is 0 Å². The summed E-state index contributed by atoms with van der Waals surface area (Å²) in [5, 5.41) is 11.2. The summed E-state index contributed by atoms with van der Waals surface area (Å²) in [6.45, 7) is 0. The molecule has 0 bridgehead atoms. The molecule has 0 fully saturated rings. The second-order valence-corrected chi connectivity index (χ2v) is 3.67. The number of carbonyl (C=O) groups is 2. The Hall–Kier alpha value is -2.34. The number of pyridine rings is 1. The first-order valence-electron chi connectivity index (χ1n) is 4.82. The van der Waals surface area contributed by atoms with Crippen molar-refractivity contribution in [3.8, 4) is 0 Å². The molecule has 0 aliphatic rings. The average molecular weight is 267 g/mol. The molecule has 6 nitrogen and oxygen atoms in total. The third-order valence-corrected chi connectivity index (χ3v) is 2.25. The van der Waals surface area contributed by atoms with Crippen LogP contribution in [0.2, 0.25) is 5.22 Å². The molecular weight excluding hydrogens is 260 g/mol. The molecule has 0 spiro atoms. The van der Waals surface area contributed by atoms with E-state index >= 15 is 0 Å². The van der Waals surface area contributed by atoms with Crippen LogP contribution in [0.4, 0.5) is 5.82 Å². The van der Waals surface area contributed by atoms with Crippen LogP contribution in [0.25, 0.3) is 0 Å². The number of aromatic carboxylic acids is 1. The molecule has 0 radical (unpaired) electrons. The summed E-state index contributed by atoms with van der Waals surface area (Å²) >= 11 is 5.54. The maximum atomic E-state index is 11.6. The minimum Gasteiger partial charge on any atom is -0.478 e. The van der Waals surface area contributed by atoms with Crippen molar-refractivity contribution < 1.29 is 19.1 Å². The molecule has 0 aliphatic heterocycles. The zero-order chi connectivity index (χ0) is 13.1. The highest BCUT2D eigenvalue weighted by molar-refractivity contribution is 6.29. The number of furan rings is 1. The van der Waals surface area contributed by atoms with E-state index in [9.17, 15) is 9.59 Å². The molecule has 2 N–H and O–H groups in total. The lowest BCUT2D eigenvalue weighted by Gasteiger charge is -2.02. The fourth-order valence-corrected chi connectivity index (χ4v) is 1.35. The zero-order valence-corrected chi connectivity index (χ0v) is 9.64. The second-order valence-electron chi connectivity index (χ2n) is 3.30. The molecule has 1 amide bonds. The minimum absolute atomic E-state index is 0.0362. The molecule has 0 aliphatic carbocycles. The SMILES string of the molecule is O=C(O)c1ccc(NC(=O)c2ccc(Cl)o2)nc1. The van der Waals surface area contributed by atoms with Crippen molar-refractivity contribution >= 4 is 29.3 Å². The molecule has 2 rings (SSSR count). The first kappa shape index (κ1) is 12.1. The van der Waals surface area contributed by atoms with Crippen LogP contribution < -0.4 is 5.32 Å². The van der Waals surface area contributed by atoms with Gasteiger partial charge < -0.3 is 14.8 Å². The van der Waals surface area contributed by atoms with Crippen LogP contribution >= 0.6 is 11.6 Å². The predicted molar refractivity (Wildman–Crippen MR) is 62.9 cm³/mol. The van der Waals surface area contributed by atoms with Gasteiger partial charge in [0, 0.05) is 6.20 Å². The van der Waals surface area contributed by atoms with Crippen LogP contribution in [-0.4, -0.2) is 22.0 Å². The lowest BCUT2D eigenvalue weighted by molar-refractivity contribution is 0.0696. The number of anilines is 1. The van der Waals surface area contributed by atoms with Gasteiger partial charge >= 0.3 is 5.97 Å². The number of nitrogens with zero attached hydrogens (tertiary/aromatic N) is 1. The molecule has 18 heavy (non-hydrogen) atoms. The third kappa shape index (κ3) is 2.67. The number of aromatic nitrogens is 1. The van der Waals surface area contributed by atoms with Gasteiger partial charge in [0.1, 0.15) is 5.82 Å². The summed E-state index contributed by atoms with van der Waals surface area (Å²) in [4.78, 5) is 26.0. The van der Waals surface area contributed by atoms with Gasteiger partial charge in [0.15, 0.2) is 11.0 Å².